The van der Waals surface area contributed by atoms with Gasteiger partial charge in [0.1, 0.15) is 11.5 Å². The maximum atomic E-state index is 6.11. The highest BCUT2D eigenvalue weighted by molar-refractivity contribution is 5.48. The fourth-order valence-corrected chi connectivity index (χ4v) is 2.80. The first-order valence-corrected chi connectivity index (χ1v) is 7.34. The molecule has 0 aromatic heterocycles. The Morgan fingerprint density at radius 2 is 2.00 bits per heavy atom. The summed E-state index contributed by atoms with van der Waals surface area (Å²) in [6.07, 6.45) is 5.33. The van der Waals surface area contributed by atoms with E-state index in [9.17, 15) is 0 Å². The molecule has 0 amide bonds. The van der Waals surface area contributed by atoms with Crippen LogP contribution in [0.5, 0.6) is 11.5 Å². The van der Waals surface area contributed by atoms with Crippen molar-refractivity contribution in [1.29, 1.82) is 0 Å². The zero-order valence-corrected chi connectivity index (χ0v) is 11.9. The molecule has 1 aliphatic heterocycles. The minimum absolute atomic E-state index is 0.447. The number of piperidine rings is 1. The number of benzene rings is 1. The third-order valence-corrected chi connectivity index (χ3v) is 4.08. The van der Waals surface area contributed by atoms with Crippen molar-refractivity contribution in [1.82, 2.24) is 5.32 Å². The molecule has 1 N–H and O–H groups in total. The summed E-state index contributed by atoms with van der Waals surface area (Å²) < 4.78 is 11.6. The monoisotopic (exact) mass is 261 g/mol. The zero-order chi connectivity index (χ0) is 13.2. The number of aryl methyl sites for hydroxylation is 1. The Kier molecular flexibility index (Phi) is 3.65. The Labute approximate surface area is 115 Å². The Bertz CT molecular complexity index is 448. The van der Waals surface area contributed by atoms with Crippen molar-refractivity contribution in [2.45, 2.75) is 44.6 Å². The fourth-order valence-electron chi connectivity index (χ4n) is 2.80. The summed E-state index contributed by atoms with van der Waals surface area (Å²) in [5.74, 6) is 2.61. The van der Waals surface area contributed by atoms with Crippen molar-refractivity contribution in [2.24, 2.45) is 0 Å². The van der Waals surface area contributed by atoms with Crippen molar-refractivity contribution in [3.63, 3.8) is 0 Å². The highest BCUT2D eigenvalue weighted by atomic mass is 16.5. The summed E-state index contributed by atoms with van der Waals surface area (Å²) in [5.41, 5.74) is 2.48. The van der Waals surface area contributed by atoms with E-state index < -0.39 is 0 Å². The SMILES string of the molecule is COc1cc([C@@H]2CCCNC2)c(OC2CC2)cc1C. The molecule has 0 spiro atoms. The van der Waals surface area contributed by atoms with Gasteiger partial charge in [0.25, 0.3) is 0 Å². The zero-order valence-electron chi connectivity index (χ0n) is 11.9. The van der Waals surface area contributed by atoms with E-state index in [-0.39, 0.29) is 0 Å². The molecular formula is C16H23NO2. The van der Waals surface area contributed by atoms with Crippen LogP contribution in [0, 0.1) is 6.92 Å². The van der Waals surface area contributed by atoms with Gasteiger partial charge < -0.3 is 14.8 Å². The Balaban J connectivity index is 1.92. The van der Waals surface area contributed by atoms with E-state index in [1.165, 1.54) is 31.2 Å². The molecular weight excluding hydrogens is 238 g/mol. The molecule has 0 bridgehead atoms. The van der Waals surface area contributed by atoms with Crippen LogP contribution in [0.25, 0.3) is 0 Å². The van der Waals surface area contributed by atoms with Crippen molar-refractivity contribution in [3.8, 4) is 11.5 Å². The van der Waals surface area contributed by atoms with Gasteiger partial charge >= 0.3 is 0 Å². The topological polar surface area (TPSA) is 30.5 Å². The molecule has 3 rings (SSSR count). The van der Waals surface area contributed by atoms with Crippen LogP contribution in [0.15, 0.2) is 12.1 Å². The molecule has 2 aliphatic rings. The van der Waals surface area contributed by atoms with Gasteiger partial charge in [-0.15, -0.1) is 0 Å². The highest BCUT2D eigenvalue weighted by Gasteiger charge is 2.27. The smallest absolute Gasteiger partial charge is 0.123 e. The summed E-state index contributed by atoms with van der Waals surface area (Å²) in [4.78, 5) is 0. The van der Waals surface area contributed by atoms with Crippen LogP contribution < -0.4 is 14.8 Å². The molecule has 3 nitrogen and oxygen atoms in total. The molecule has 0 radical (unpaired) electrons. The maximum absolute atomic E-state index is 6.11. The Morgan fingerprint density at radius 3 is 2.63 bits per heavy atom. The highest BCUT2D eigenvalue weighted by Crippen LogP contribution is 2.38. The summed E-state index contributed by atoms with van der Waals surface area (Å²) in [5, 5.41) is 3.49. The standard InChI is InChI=1S/C16H23NO2/c1-11-8-16(19-13-5-6-13)14(9-15(11)18-2)12-4-3-7-17-10-12/h8-9,12-13,17H,3-7,10H2,1-2H3/t12-/m1/s1. The van der Waals surface area contributed by atoms with Crippen LogP contribution in [0.2, 0.25) is 0 Å². The van der Waals surface area contributed by atoms with Crippen molar-refractivity contribution in [3.05, 3.63) is 23.3 Å². The summed E-state index contributed by atoms with van der Waals surface area (Å²) in [7, 11) is 1.74. The van der Waals surface area contributed by atoms with Gasteiger partial charge in [0.05, 0.1) is 13.2 Å². The minimum atomic E-state index is 0.447. The molecule has 2 fully saturated rings. The van der Waals surface area contributed by atoms with E-state index in [1.54, 1.807) is 7.11 Å². The second kappa shape index (κ2) is 5.41. The van der Waals surface area contributed by atoms with E-state index in [2.05, 4.69) is 24.4 Å². The lowest BCUT2D eigenvalue weighted by atomic mass is 9.90. The quantitative estimate of drug-likeness (QED) is 0.903. The van der Waals surface area contributed by atoms with Crippen LogP contribution in [0.1, 0.15) is 42.7 Å². The molecule has 1 aliphatic carbocycles. The van der Waals surface area contributed by atoms with E-state index in [1.807, 2.05) is 0 Å². The number of hydrogen-bond acceptors (Lipinski definition) is 3. The van der Waals surface area contributed by atoms with Crippen LogP contribution >= 0.6 is 0 Å². The molecule has 104 valence electrons. The second-order valence-corrected chi connectivity index (χ2v) is 5.72. The van der Waals surface area contributed by atoms with Crippen LogP contribution in [0.4, 0.5) is 0 Å². The van der Waals surface area contributed by atoms with Gasteiger partial charge in [-0.2, -0.15) is 0 Å². The summed E-state index contributed by atoms with van der Waals surface area (Å²) in [6.45, 7) is 4.27. The normalized spacial score (nSPS) is 23.2. The molecule has 1 saturated carbocycles. The molecule has 1 heterocycles. The van der Waals surface area contributed by atoms with E-state index >= 15 is 0 Å². The second-order valence-electron chi connectivity index (χ2n) is 5.72. The number of nitrogens with one attached hydrogen (secondary N) is 1. The first kappa shape index (κ1) is 12.8. The molecule has 3 heteroatoms. The van der Waals surface area contributed by atoms with Crippen LogP contribution in [0.3, 0.4) is 0 Å². The van der Waals surface area contributed by atoms with Gasteiger partial charge in [-0.05, 0) is 56.8 Å². The first-order valence-electron chi connectivity index (χ1n) is 7.34. The fraction of sp³-hybridized carbons (Fsp3) is 0.625. The van der Waals surface area contributed by atoms with Gasteiger partial charge in [-0.3, -0.25) is 0 Å². The predicted molar refractivity (Wildman–Crippen MR) is 76.2 cm³/mol. The minimum Gasteiger partial charge on any atom is -0.496 e. The number of methoxy groups -OCH3 is 1. The first-order chi connectivity index (χ1) is 9.28. The van der Waals surface area contributed by atoms with Crippen LogP contribution in [-0.2, 0) is 0 Å². The molecule has 1 aromatic rings. The largest absolute Gasteiger partial charge is 0.496 e. The van der Waals surface area contributed by atoms with Gasteiger partial charge in [-0.1, -0.05) is 0 Å². The summed E-state index contributed by atoms with van der Waals surface area (Å²) in [6, 6.07) is 4.34. The van der Waals surface area contributed by atoms with Gasteiger partial charge in [-0.25, -0.2) is 0 Å². The van der Waals surface area contributed by atoms with Gasteiger partial charge in [0.2, 0.25) is 0 Å². The molecule has 0 unspecified atom stereocenters. The summed E-state index contributed by atoms with van der Waals surface area (Å²) >= 11 is 0. The average Bonchev–Trinajstić information content (AvgIpc) is 3.24. The van der Waals surface area contributed by atoms with E-state index in [0.717, 1.165) is 30.2 Å². The molecule has 1 saturated heterocycles. The van der Waals surface area contributed by atoms with Crippen molar-refractivity contribution < 1.29 is 9.47 Å². The molecule has 1 aromatic carbocycles. The molecule has 19 heavy (non-hydrogen) atoms. The van der Waals surface area contributed by atoms with E-state index in [4.69, 9.17) is 9.47 Å². The number of rotatable bonds is 4. The average molecular weight is 261 g/mol. The lowest BCUT2D eigenvalue weighted by molar-refractivity contribution is 0.294. The van der Waals surface area contributed by atoms with Gasteiger partial charge in [0, 0.05) is 18.0 Å². The lowest BCUT2D eigenvalue weighted by Gasteiger charge is -2.26. The van der Waals surface area contributed by atoms with Gasteiger partial charge in [0.15, 0.2) is 0 Å². The lowest BCUT2D eigenvalue weighted by Crippen LogP contribution is -2.28. The maximum Gasteiger partial charge on any atom is 0.123 e. The van der Waals surface area contributed by atoms with Crippen molar-refractivity contribution >= 4 is 0 Å². The Morgan fingerprint density at radius 1 is 1.16 bits per heavy atom. The molecule has 1 atom stereocenters. The number of hydrogen-bond donors (Lipinski definition) is 1. The van der Waals surface area contributed by atoms with Crippen molar-refractivity contribution in [2.75, 3.05) is 20.2 Å². The third kappa shape index (κ3) is 2.86. The predicted octanol–water partition coefficient (Wildman–Crippen LogP) is 3.01. The van der Waals surface area contributed by atoms with E-state index in [0.29, 0.717) is 12.0 Å². The third-order valence-electron chi connectivity index (χ3n) is 4.08. The van der Waals surface area contributed by atoms with Crippen LogP contribution in [-0.4, -0.2) is 26.3 Å². The number of ether oxygens (including phenoxy) is 2. The Hall–Kier alpha value is -1.22.